The summed E-state index contributed by atoms with van der Waals surface area (Å²) < 4.78 is 5.25. The first-order chi connectivity index (χ1) is 9.54. The van der Waals surface area contributed by atoms with Crippen molar-refractivity contribution in [2.45, 2.75) is 20.0 Å². The Morgan fingerprint density at radius 3 is 2.35 bits per heavy atom. The second-order valence-corrected chi connectivity index (χ2v) is 4.87. The van der Waals surface area contributed by atoms with Crippen molar-refractivity contribution in [3.8, 4) is 0 Å². The van der Waals surface area contributed by atoms with E-state index in [-0.39, 0.29) is 24.5 Å². The zero-order chi connectivity index (χ0) is 15.0. The highest BCUT2D eigenvalue weighted by atomic mass is 16.5. The number of rotatable bonds is 7. The molecule has 2 amide bonds. The lowest BCUT2D eigenvalue weighted by Gasteiger charge is -2.19. The van der Waals surface area contributed by atoms with Crippen LogP contribution in [0.5, 0.6) is 0 Å². The number of carbonyl (C=O) groups excluding carboxylic acids is 2. The van der Waals surface area contributed by atoms with Crippen LogP contribution in [0.2, 0.25) is 0 Å². The van der Waals surface area contributed by atoms with E-state index in [0.717, 1.165) is 0 Å². The minimum absolute atomic E-state index is 0.0243. The van der Waals surface area contributed by atoms with Crippen molar-refractivity contribution in [2.75, 3.05) is 20.2 Å². The summed E-state index contributed by atoms with van der Waals surface area (Å²) >= 11 is 0. The SMILES string of the molecule is CO[C@@H](CNC(=O)CNC(=O)c1ccccc1)C(C)C. The molecule has 0 aliphatic heterocycles. The number of carbonyl (C=O) groups is 2. The van der Waals surface area contributed by atoms with E-state index >= 15 is 0 Å². The van der Waals surface area contributed by atoms with Crippen molar-refractivity contribution >= 4 is 11.8 Å². The first-order valence-corrected chi connectivity index (χ1v) is 6.67. The van der Waals surface area contributed by atoms with Gasteiger partial charge in [-0.15, -0.1) is 0 Å². The van der Waals surface area contributed by atoms with Crippen LogP contribution in [0.15, 0.2) is 30.3 Å². The van der Waals surface area contributed by atoms with Gasteiger partial charge in [-0.1, -0.05) is 32.0 Å². The summed E-state index contributed by atoms with van der Waals surface area (Å²) in [5.74, 6) is -0.163. The third-order valence-corrected chi connectivity index (χ3v) is 2.99. The third kappa shape index (κ3) is 5.40. The number of amides is 2. The highest BCUT2D eigenvalue weighted by molar-refractivity contribution is 5.96. The Morgan fingerprint density at radius 1 is 1.15 bits per heavy atom. The van der Waals surface area contributed by atoms with Crippen LogP contribution in [0.25, 0.3) is 0 Å². The topological polar surface area (TPSA) is 67.4 Å². The molecular weight excluding hydrogens is 256 g/mol. The smallest absolute Gasteiger partial charge is 0.251 e. The molecule has 0 radical (unpaired) electrons. The van der Waals surface area contributed by atoms with Gasteiger partial charge in [0.15, 0.2) is 0 Å². The van der Waals surface area contributed by atoms with Gasteiger partial charge < -0.3 is 15.4 Å². The Hall–Kier alpha value is -1.88. The van der Waals surface area contributed by atoms with Crippen LogP contribution in [-0.2, 0) is 9.53 Å². The summed E-state index contributed by atoms with van der Waals surface area (Å²) in [5, 5.41) is 5.32. The van der Waals surface area contributed by atoms with E-state index in [1.807, 2.05) is 19.9 Å². The van der Waals surface area contributed by atoms with Crippen LogP contribution in [0.4, 0.5) is 0 Å². The zero-order valence-electron chi connectivity index (χ0n) is 12.2. The summed E-state index contributed by atoms with van der Waals surface area (Å²) in [7, 11) is 1.62. The van der Waals surface area contributed by atoms with E-state index in [1.54, 1.807) is 31.4 Å². The van der Waals surface area contributed by atoms with E-state index in [4.69, 9.17) is 4.74 Å². The molecule has 0 spiro atoms. The minimum Gasteiger partial charge on any atom is -0.379 e. The molecule has 1 rings (SSSR count). The van der Waals surface area contributed by atoms with Crippen LogP contribution >= 0.6 is 0 Å². The lowest BCUT2D eigenvalue weighted by Crippen LogP contribution is -2.41. The summed E-state index contributed by atoms with van der Waals surface area (Å²) in [6.07, 6.45) is -0.0243. The lowest BCUT2D eigenvalue weighted by atomic mass is 10.1. The maximum Gasteiger partial charge on any atom is 0.251 e. The summed E-state index contributed by atoms with van der Waals surface area (Å²) in [6, 6.07) is 8.79. The number of methoxy groups -OCH3 is 1. The predicted octanol–water partition coefficient (Wildman–Crippen LogP) is 1.20. The fourth-order valence-electron chi connectivity index (χ4n) is 1.72. The van der Waals surface area contributed by atoms with E-state index in [0.29, 0.717) is 18.0 Å². The van der Waals surface area contributed by atoms with Crippen LogP contribution in [-0.4, -0.2) is 38.1 Å². The van der Waals surface area contributed by atoms with Gasteiger partial charge in [0.2, 0.25) is 5.91 Å². The first-order valence-electron chi connectivity index (χ1n) is 6.67. The van der Waals surface area contributed by atoms with E-state index in [1.165, 1.54) is 0 Å². The normalized spacial score (nSPS) is 12.0. The van der Waals surface area contributed by atoms with Crippen molar-refractivity contribution in [1.29, 1.82) is 0 Å². The van der Waals surface area contributed by atoms with Crippen molar-refractivity contribution in [3.63, 3.8) is 0 Å². The van der Waals surface area contributed by atoms with Crippen molar-refractivity contribution in [2.24, 2.45) is 5.92 Å². The van der Waals surface area contributed by atoms with Crippen LogP contribution in [0, 0.1) is 5.92 Å². The van der Waals surface area contributed by atoms with Crippen LogP contribution in [0.1, 0.15) is 24.2 Å². The number of hydrogen-bond donors (Lipinski definition) is 2. The second-order valence-electron chi connectivity index (χ2n) is 4.87. The number of ether oxygens (including phenoxy) is 1. The van der Waals surface area contributed by atoms with Gasteiger partial charge in [-0.25, -0.2) is 0 Å². The van der Waals surface area contributed by atoms with Crippen LogP contribution < -0.4 is 10.6 Å². The predicted molar refractivity (Wildman–Crippen MR) is 77.4 cm³/mol. The number of hydrogen-bond acceptors (Lipinski definition) is 3. The Kier molecular flexibility index (Phi) is 6.73. The molecule has 5 nitrogen and oxygen atoms in total. The average Bonchev–Trinajstić information content (AvgIpc) is 2.46. The standard InChI is InChI=1S/C15H22N2O3/c1-11(2)13(20-3)9-16-14(18)10-17-15(19)12-7-5-4-6-8-12/h4-8,11,13H,9-10H2,1-3H3,(H,16,18)(H,17,19)/t13-/m0/s1. The summed E-state index contributed by atoms with van der Waals surface area (Å²) in [5.41, 5.74) is 0.539. The molecule has 20 heavy (non-hydrogen) atoms. The van der Waals surface area contributed by atoms with Gasteiger partial charge in [-0.05, 0) is 18.1 Å². The third-order valence-electron chi connectivity index (χ3n) is 2.99. The van der Waals surface area contributed by atoms with Gasteiger partial charge in [0, 0.05) is 19.2 Å². The van der Waals surface area contributed by atoms with Crippen molar-refractivity contribution in [3.05, 3.63) is 35.9 Å². The molecule has 0 bridgehead atoms. The van der Waals surface area contributed by atoms with Gasteiger partial charge in [-0.3, -0.25) is 9.59 Å². The number of benzene rings is 1. The molecule has 0 fully saturated rings. The van der Waals surface area contributed by atoms with E-state index in [2.05, 4.69) is 10.6 Å². The van der Waals surface area contributed by atoms with E-state index < -0.39 is 0 Å². The molecule has 1 aromatic rings. The van der Waals surface area contributed by atoms with Gasteiger partial charge >= 0.3 is 0 Å². The van der Waals surface area contributed by atoms with E-state index in [9.17, 15) is 9.59 Å². The lowest BCUT2D eigenvalue weighted by molar-refractivity contribution is -0.120. The van der Waals surface area contributed by atoms with Gasteiger partial charge in [0.25, 0.3) is 5.91 Å². The second kappa shape index (κ2) is 8.32. The Morgan fingerprint density at radius 2 is 1.80 bits per heavy atom. The summed E-state index contributed by atoms with van der Waals surface area (Å²) in [4.78, 5) is 23.4. The zero-order valence-corrected chi connectivity index (χ0v) is 12.2. The highest BCUT2D eigenvalue weighted by Gasteiger charge is 2.13. The molecule has 1 atom stereocenters. The highest BCUT2D eigenvalue weighted by Crippen LogP contribution is 2.03. The first kappa shape index (κ1) is 16.2. The molecule has 0 saturated heterocycles. The fraction of sp³-hybridized carbons (Fsp3) is 0.467. The molecule has 0 heterocycles. The molecule has 2 N–H and O–H groups in total. The molecule has 0 aliphatic carbocycles. The molecule has 5 heteroatoms. The van der Waals surface area contributed by atoms with Gasteiger partial charge in [0.05, 0.1) is 12.6 Å². The van der Waals surface area contributed by atoms with Gasteiger partial charge in [-0.2, -0.15) is 0 Å². The molecule has 1 aromatic carbocycles. The Bertz CT molecular complexity index is 432. The maximum absolute atomic E-state index is 11.7. The van der Waals surface area contributed by atoms with Crippen molar-refractivity contribution in [1.82, 2.24) is 10.6 Å². The molecule has 0 unspecified atom stereocenters. The molecule has 0 saturated carbocycles. The summed E-state index contributed by atoms with van der Waals surface area (Å²) in [6.45, 7) is 4.45. The minimum atomic E-state index is -0.257. The number of nitrogens with one attached hydrogen (secondary N) is 2. The average molecular weight is 278 g/mol. The maximum atomic E-state index is 11.7. The monoisotopic (exact) mass is 278 g/mol. The Labute approximate surface area is 119 Å². The molecule has 0 aliphatic rings. The Balaban J connectivity index is 2.31. The molecule has 110 valence electrons. The molecule has 0 aromatic heterocycles. The quantitative estimate of drug-likeness (QED) is 0.787. The largest absolute Gasteiger partial charge is 0.379 e. The fourth-order valence-corrected chi connectivity index (χ4v) is 1.72. The van der Waals surface area contributed by atoms with Crippen LogP contribution in [0.3, 0.4) is 0 Å². The molecular formula is C15H22N2O3. The van der Waals surface area contributed by atoms with Gasteiger partial charge in [0.1, 0.15) is 0 Å². The van der Waals surface area contributed by atoms with Crippen molar-refractivity contribution < 1.29 is 14.3 Å².